The molecular formula is C12H22O5. The molecule has 0 aliphatic carbocycles. The third-order valence-corrected chi connectivity index (χ3v) is 1.63. The predicted octanol–water partition coefficient (Wildman–Crippen LogP) is 2.38. The van der Waals surface area contributed by atoms with Gasteiger partial charge in [0, 0.05) is 12.8 Å². The van der Waals surface area contributed by atoms with Crippen molar-refractivity contribution in [1.29, 1.82) is 0 Å². The number of rotatable bonds is 5. The number of aliphatic carboxylic acids is 1. The van der Waals surface area contributed by atoms with Gasteiger partial charge in [-0.2, -0.15) is 0 Å². The lowest BCUT2D eigenvalue weighted by Crippen LogP contribution is -2.10. The topological polar surface area (TPSA) is 80.7 Å². The van der Waals surface area contributed by atoms with Crippen LogP contribution in [0.2, 0.25) is 0 Å². The highest BCUT2D eigenvalue weighted by Gasteiger charge is 2.07. The SMILES string of the molecule is CC(C)C(=O)O.CCCC(=O)OC(=O)CCC. The average molecular weight is 246 g/mol. The van der Waals surface area contributed by atoms with Gasteiger partial charge in [0.2, 0.25) is 0 Å². The number of carboxylic acid groups (broad SMARTS) is 1. The zero-order valence-electron chi connectivity index (χ0n) is 11.0. The molecule has 0 spiro atoms. The summed E-state index contributed by atoms with van der Waals surface area (Å²) in [5.41, 5.74) is 0. The zero-order valence-corrected chi connectivity index (χ0v) is 11.0. The van der Waals surface area contributed by atoms with Crippen LogP contribution in [-0.2, 0) is 19.1 Å². The summed E-state index contributed by atoms with van der Waals surface area (Å²) in [5.74, 6) is -1.79. The minimum atomic E-state index is -0.741. The highest BCUT2D eigenvalue weighted by Crippen LogP contribution is 1.96. The summed E-state index contributed by atoms with van der Waals surface area (Å²) in [6.45, 7) is 7.02. The summed E-state index contributed by atoms with van der Waals surface area (Å²) in [4.78, 5) is 31.1. The highest BCUT2D eigenvalue weighted by molar-refractivity contribution is 5.85. The zero-order chi connectivity index (χ0) is 13.8. The molecule has 0 atom stereocenters. The van der Waals surface area contributed by atoms with E-state index in [9.17, 15) is 14.4 Å². The highest BCUT2D eigenvalue weighted by atomic mass is 16.6. The van der Waals surface area contributed by atoms with Crippen molar-refractivity contribution in [2.45, 2.75) is 53.4 Å². The molecule has 0 aliphatic rings. The van der Waals surface area contributed by atoms with Gasteiger partial charge in [0.25, 0.3) is 0 Å². The number of esters is 2. The Labute approximate surface area is 102 Å². The summed E-state index contributed by atoms with van der Waals surface area (Å²) >= 11 is 0. The van der Waals surface area contributed by atoms with Crippen LogP contribution in [0.15, 0.2) is 0 Å². The molecule has 0 amide bonds. The van der Waals surface area contributed by atoms with Crippen LogP contribution in [0.5, 0.6) is 0 Å². The maximum Gasteiger partial charge on any atom is 0.313 e. The second-order valence-electron chi connectivity index (χ2n) is 3.84. The Morgan fingerprint density at radius 3 is 1.47 bits per heavy atom. The van der Waals surface area contributed by atoms with E-state index in [0.29, 0.717) is 12.8 Å². The van der Waals surface area contributed by atoms with E-state index in [0.717, 1.165) is 12.8 Å². The van der Waals surface area contributed by atoms with Gasteiger partial charge < -0.3 is 9.84 Å². The fraction of sp³-hybridized carbons (Fsp3) is 0.750. The minimum Gasteiger partial charge on any atom is -0.481 e. The lowest BCUT2D eigenvalue weighted by atomic mass is 10.2. The van der Waals surface area contributed by atoms with Crippen LogP contribution in [0.1, 0.15) is 53.4 Å². The van der Waals surface area contributed by atoms with Crippen molar-refractivity contribution in [3.8, 4) is 0 Å². The molecule has 0 heterocycles. The van der Waals surface area contributed by atoms with Crippen LogP contribution in [0.3, 0.4) is 0 Å². The second-order valence-corrected chi connectivity index (χ2v) is 3.84. The summed E-state index contributed by atoms with van der Waals surface area (Å²) in [5, 5.41) is 7.99. The number of carbonyl (C=O) groups is 3. The summed E-state index contributed by atoms with van der Waals surface area (Å²) in [6.07, 6.45) is 2.10. The maximum atomic E-state index is 10.7. The van der Waals surface area contributed by atoms with Crippen molar-refractivity contribution >= 4 is 17.9 Å². The minimum absolute atomic E-state index is 0.231. The molecule has 0 aromatic carbocycles. The first-order chi connectivity index (χ1) is 7.84. The molecule has 0 bridgehead atoms. The van der Waals surface area contributed by atoms with Crippen LogP contribution in [-0.4, -0.2) is 23.0 Å². The smallest absolute Gasteiger partial charge is 0.313 e. The third-order valence-electron chi connectivity index (χ3n) is 1.63. The fourth-order valence-electron chi connectivity index (χ4n) is 0.637. The van der Waals surface area contributed by atoms with Gasteiger partial charge >= 0.3 is 17.9 Å². The van der Waals surface area contributed by atoms with Gasteiger partial charge in [-0.25, -0.2) is 0 Å². The molecule has 5 heteroatoms. The quantitative estimate of drug-likeness (QED) is 0.595. The molecule has 100 valence electrons. The lowest BCUT2D eigenvalue weighted by molar-refractivity contribution is -0.159. The van der Waals surface area contributed by atoms with Gasteiger partial charge in [-0.3, -0.25) is 14.4 Å². The first-order valence-corrected chi connectivity index (χ1v) is 5.81. The molecule has 0 rings (SSSR count). The van der Waals surface area contributed by atoms with Crippen molar-refractivity contribution in [1.82, 2.24) is 0 Å². The van der Waals surface area contributed by atoms with Gasteiger partial charge in [-0.1, -0.05) is 27.7 Å². The van der Waals surface area contributed by atoms with Crippen LogP contribution in [0, 0.1) is 5.92 Å². The van der Waals surface area contributed by atoms with Crippen molar-refractivity contribution in [2.75, 3.05) is 0 Å². The van der Waals surface area contributed by atoms with E-state index in [1.807, 2.05) is 13.8 Å². The van der Waals surface area contributed by atoms with Gasteiger partial charge in [-0.05, 0) is 12.8 Å². The Balaban J connectivity index is 0. The first kappa shape index (κ1) is 18.0. The first-order valence-electron chi connectivity index (χ1n) is 5.81. The normalized spacial score (nSPS) is 9.24. The van der Waals surface area contributed by atoms with Crippen LogP contribution in [0.25, 0.3) is 0 Å². The van der Waals surface area contributed by atoms with E-state index >= 15 is 0 Å². The van der Waals surface area contributed by atoms with E-state index < -0.39 is 17.9 Å². The van der Waals surface area contributed by atoms with E-state index in [1.165, 1.54) is 0 Å². The maximum absolute atomic E-state index is 10.7. The Morgan fingerprint density at radius 1 is 1.00 bits per heavy atom. The molecular weight excluding hydrogens is 224 g/mol. The standard InChI is InChI=1S/C8H14O3.C4H8O2/c1-3-5-7(9)11-8(10)6-4-2;1-3(2)4(5)6/h3-6H2,1-2H3;3H,1-2H3,(H,5,6). The summed E-state index contributed by atoms with van der Waals surface area (Å²) in [6, 6.07) is 0. The van der Waals surface area contributed by atoms with E-state index in [2.05, 4.69) is 4.74 Å². The largest absolute Gasteiger partial charge is 0.481 e. The van der Waals surface area contributed by atoms with Gasteiger partial charge in [0.15, 0.2) is 0 Å². The number of carbonyl (C=O) groups excluding carboxylic acids is 2. The van der Waals surface area contributed by atoms with Gasteiger partial charge in [-0.15, -0.1) is 0 Å². The van der Waals surface area contributed by atoms with Gasteiger partial charge in [0.1, 0.15) is 0 Å². The second kappa shape index (κ2) is 11.1. The molecule has 0 saturated carbocycles. The van der Waals surface area contributed by atoms with Crippen molar-refractivity contribution in [3.05, 3.63) is 0 Å². The Kier molecular flexibility index (Phi) is 11.8. The lowest BCUT2D eigenvalue weighted by Gasteiger charge is -1.98. The summed E-state index contributed by atoms with van der Waals surface area (Å²) in [7, 11) is 0. The molecule has 0 aromatic rings. The molecule has 0 fully saturated rings. The Bertz CT molecular complexity index is 229. The van der Waals surface area contributed by atoms with Crippen molar-refractivity contribution in [3.63, 3.8) is 0 Å². The molecule has 0 aromatic heterocycles. The molecule has 0 radical (unpaired) electrons. The Hall–Kier alpha value is -1.39. The van der Waals surface area contributed by atoms with E-state index in [-0.39, 0.29) is 5.92 Å². The fourth-order valence-corrected chi connectivity index (χ4v) is 0.637. The third kappa shape index (κ3) is 14.6. The molecule has 0 saturated heterocycles. The molecule has 1 N–H and O–H groups in total. The van der Waals surface area contributed by atoms with E-state index in [4.69, 9.17) is 5.11 Å². The predicted molar refractivity (Wildman–Crippen MR) is 63.4 cm³/mol. The Morgan fingerprint density at radius 2 is 1.29 bits per heavy atom. The van der Waals surface area contributed by atoms with Crippen molar-refractivity contribution < 1.29 is 24.2 Å². The number of carboxylic acids is 1. The van der Waals surface area contributed by atoms with Crippen LogP contribution >= 0.6 is 0 Å². The number of ether oxygens (including phenoxy) is 1. The average Bonchev–Trinajstić information content (AvgIpc) is 2.18. The van der Waals surface area contributed by atoms with Gasteiger partial charge in [0.05, 0.1) is 5.92 Å². The number of hydrogen-bond donors (Lipinski definition) is 1. The molecule has 0 aliphatic heterocycles. The van der Waals surface area contributed by atoms with Crippen LogP contribution < -0.4 is 0 Å². The van der Waals surface area contributed by atoms with E-state index in [1.54, 1.807) is 13.8 Å². The number of hydrogen-bond acceptors (Lipinski definition) is 4. The summed E-state index contributed by atoms with van der Waals surface area (Å²) < 4.78 is 4.45. The molecule has 5 nitrogen and oxygen atoms in total. The molecule has 17 heavy (non-hydrogen) atoms. The molecule has 0 unspecified atom stereocenters. The van der Waals surface area contributed by atoms with Crippen molar-refractivity contribution in [2.24, 2.45) is 5.92 Å². The van der Waals surface area contributed by atoms with Crippen LogP contribution in [0.4, 0.5) is 0 Å². The monoisotopic (exact) mass is 246 g/mol.